The molecule has 0 aromatic heterocycles. The molecule has 0 fully saturated rings. The molecular weight excluding hydrogens is 297 g/mol. The smallest absolute Gasteiger partial charge is 0.168 e. The van der Waals surface area contributed by atoms with E-state index in [0.29, 0.717) is 21.3 Å². The van der Waals surface area contributed by atoms with Gasteiger partial charge in [-0.3, -0.25) is 0 Å². The molecule has 0 aliphatic heterocycles. The topological polar surface area (TPSA) is 33.0 Å². The van der Waals surface area contributed by atoms with E-state index in [9.17, 15) is 4.39 Å². The van der Waals surface area contributed by atoms with Gasteiger partial charge in [0.2, 0.25) is 0 Å². The molecule has 0 unspecified atom stereocenters. The van der Waals surface area contributed by atoms with E-state index < -0.39 is 0 Å². The molecule has 90 valence electrons. The molecule has 2 aromatic carbocycles. The average molecular weight is 306 g/mol. The van der Waals surface area contributed by atoms with E-state index in [1.54, 1.807) is 43.3 Å². The second-order valence-corrected chi connectivity index (χ2v) is 4.60. The first kappa shape index (κ1) is 12.6. The summed E-state index contributed by atoms with van der Waals surface area (Å²) in [6, 6.07) is 11.9. The minimum Gasteiger partial charge on any atom is -0.453 e. The summed E-state index contributed by atoms with van der Waals surface area (Å²) in [6.45, 7) is 1.68. The van der Waals surface area contributed by atoms with E-state index in [-0.39, 0.29) is 11.6 Å². The summed E-state index contributed by atoms with van der Waals surface area (Å²) in [4.78, 5) is 0. The van der Waals surface area contributed by atoms with Crippen LogP contribution in [0.25, 0.3) is 0 Å². The first-order valence-corrected chi connectivity index (χ1v) is 6.03. The van der Waals surface area contributed by atoms with Gasteiger partial charge < -0.3 is 4.74 Å². The molecular formula is C14H9BrFNO. The molecule has 0 saturated carbocycles. The summed E-state index contributed by atoms with van der Waals surface area (Å²) in [7, 11) is 0. The van der Waals surface area contributed by atoms with Crippen molar-refractivity contribution >= 4 is 15.9 Å². The summed E-state index contributed by atoms with van der Waals surface area (Å²) < 4.78 is 19.9. The highest BCUT2D eigenvalue weighted by Crippen LogP contribution is 2.32. The van der Waals surface area contributed by atoms with Crippen LogP contribution in [0.3, 0.4) is 0 Å². The van der Waals surface area contributed by atoms with Gasteiger partial charge in [-0.15, -0.1) is 0 Å². The quantitative estimate of drug-likeness (QED) is 0.815. The maximum atomic E-state index is 13.8. The van der Waals surface area contributed by atoms with Gasteiger partial charge in [0.25, 0.3) is 0 Å². The molecule has 2 aromatic rings. The number of hydrogen-bond acceptors (Lipinski definition) is 2. The van der Waals surface area contributed by atoms with Crippen LogP contribution in [0, 0.1) is 24.1 Å². The number of nitriles is 1. The van der Waals surface area contributed by atoms with Gasteiger partial charge in [-0.25, -0.2) is 4.39 Å². The Morgan fingerprint density at radius 2 is 2.00 bits per heavy atom. The van der Waals surface area contributed by atoms with Crippen LogP contribution in [0.15, 0.2) is 40.9 Å². The van der Waals surface area contributed by atoms with Crippen LogP contribution in [0.5, 0.6) is 11.5 Å². The molecule has 0 radical (unpaired) electrons. The number of ether oxygens (including phenoxy) is 1. The molecule has 2 nitrogen and oxygen atoms in total. The number of rotatable bonds is 2. The number of benzene rings is 2. The van der Waals surface area contributed by atoms with Crippen molar-refractivity contribution in [2.45, 2.75) is 6.92 Å². The van der Waals surface area contributed by atoms with Crippen LogP contribution in [0.1, 0.15) is 11.1 Å². The summed E-state index contributed by atoms with van der Waals surface area (Å²) in [5, 5.41) is 8.75. The Morgan fingerprint density at radius 3 is 2.67 bits per heavy atom. The Morgan fingerprint density at radius 1 is 1.22 bits per heavy atom. The minimum atomic E-state index is -0.381. The molecule has 0 bridgehead atoms. The number of halogens is 2. The van der Waals surface area contributed by atoms with E-state index in [2.05, 4.69) is 15.9 Å². The summed E-state index contributed by atoms with van der Waals surface area (Å²) >= 11 is 3.29. The molecule has 18 heavy (non-hydrogen) atoms. The molecule has 0 atom stereocenters. The predicted octanol–water partition coefficient (Wildman–Crippen LogP) is 4.56. The summed E-state index contributed by atoms with van der Waals surface area (Å²) in [6.07, 6.45) is 0. The van der Waals surface area contributed by atoms with Gasteiger partial charge in [-0.1, -0.05) is 12.1 Å². The molecule has 0 aliphatic rings. The van der Waals surface area contributed by atoms with E-state index in [0.717, 1.165) is 0 Å². The molecule has 0 N–H and O–H groups in total. The van der Waals surface area contributed by atoms with E-state index in [4.69, 9.17) is 10.00 Å². The normalized spacial score (nSPS) is 9.89. The fraction of sp³-hybridized carbons (Fsp3) is 0.0714. The first-order chi connectivity index (χ1) is 8.61. The van der Waals surface area contributed by atoms with Gasteiger partial charge in [0, 0.05) is 0 Å². The minimum absolute atomic E-state index is 0.167. The van der Waals surface area contributed by atoms with Crippen molar-refractivity contribution in [2.75, 3.05) is 0 Å². The molecule has 0 spiro atoms. The van der Waals surface area contributed by atoms with Gasteiger partial charge in [0.1, 0.15) is 5.75 Å². The fourth-order valence-corrected chi connectivity index (χ4v) is 1.93. The Hall–Kier alpha value is -1.86. The lowest BCUT2D eigenvalue weighted by molar-refractivity contribution is 0.438. The van der Waals surface area contributed by atoms with Gasteiger partial charge in [0.15, 0.2) is 11.6 Å². The maximum absolute atomic E-state index is 13.8. The number of nitrogens with zero attached hydrogens (tertiary/aromatic N) is 1. The lowest BCUT2D eigenvalue weighted by Crippen LogP contribution is -1.91. The van der Waals surface area contributed by atoms with E-state index >= 15 is 0 Å². The summed E-state index contributed by atoms with van der Waals surface area (Å²) in [5.41, 5.74) is 1.04. The van der Waals surface area contributed by atoms with Crippen molar-refractivity contribution in [3.63, 3.8) is 0 Å². The lowest BCUT2D eigenvalue weighted by atomic mass is 10.2. The molecule has 0 aliphatic carbocycles. The van der Waals surface area contributed by atoms with Gasteiger partial charge >= 0.3 is 0 Å². The second-order valence-electron chi connectivity index (χ2n) is 3.75. The Bertz CT molecular complexity index is 634. The van der Waals surface area contributed by atoms with Gasteiger partial charge in [-0.05, 0) is 52.7 Å². The largest absolute Gasteiger partial charge is 0.453 e. The fourth-order valence-electron chi connectivity index (χ4n) is 1.47. The highest BCUT2D eigenvalue weighted by Gasteiger charge is 2.09. The monoisotopic (exact) mass is 305 g/mol. The van der Waals surface area contributed by atoms with Gasteiger partial charge in [0.05, 0.1) is 16.1 Å². The summed E-state index contributed by atoms with van der Waals surface area (Å²) in [5.74, 6) is 0.257. The molecule has 0 saturated heterocycles. The van der Waals surface area contributed by atoms with Crippen LogP contribution in [-0.2, 0) is 0 Å². The predicted molar refractivity (Wildman–Crippen MR) is 70.1 cm³/mol. The van der Waals surface area contributed by atoms with E-state index in [1.165, 1.54) is 0 Å². The average Bonchev–Trinajstić information content (AvgIpc) is 2.37. The van der Waals surface area contributed by atoms with Crippen molar-refractivity contribution in [1.82, 2.24) is 0 Å². The Kier molecular flexibility index (Phi) is 3.63. The highest BCUT2D eigenvalue weighted by molar-refractivity contribution is 9.10. The Balaban J connectivity index is 2.35. The molecule has 0 heterocycles. The lowest BCUT2D eigenvalue weighted by Gasteiger charge is -2.09. The van der Waals surface area contributed by atoms with Crippen molar-refractivity contribution in [3.8, 4) is 17.6 Å². The standard InChI is InChI=1S/C14H9BrFNO/c1-9-3-2-4-13(14(9)16)18-12-6-5-10(8-17)7-11(12)15/h2-7H,1H3. The van der Waals surface area contributed by atoms with Gasteiger partial charge in [-0.2, -0.15) is 5.26 Å². The highest BCUT2D eigenvalue weighted by atomic mass is 79.9. The van der Waals surface area contributed by atoms with Crippen molar-refractivity contribution in [3.05, 3.63) is 57.8 Å². The first-order valence-electron chi connectivity index (χ1n) is 5.24. The molecule has 2 rings (SSSR count). The second kappa shape index (κ2) is 5.19. The maximum Gasteiger partial charge on any atom is 0.168 e. The SMILES string of the molecule is Cc1cccc(Oc2ccc(C#N)cc2Br)c1F. The number of aryl methyl sites for hydroxylation is 1. The Labute approximate surface area is 113 Å². The van der Waals surface area contributed by atoms with Crippen molar-refractivity contribution in [1.29, 1.82) is 5.26 Å². The zero-order valence-electron chi connectivity index (χ0n) is 9.58. The van der Waals surface area contributed by atoms with Crippen LogP contribution in [0.2, 0.25) is 0 Å². The third-order valence-electron chi connectivity index (χ3n) is 2.44. The van der Waals surface area contributed by atoms with Crippen LogP contribution in [0.4, 0.5) is 4.39 Å². The third-order valence-corrected chi connectivity index (χ3v) is 3.06. The van der Waals surface area contributed by atoms with Crippen LogP contribution in [-0.4, -0.2) is 0 Å². The van der Waals surface area contributed by atoms with Crippen molar-refractivity contribution < 1.29 is 9.13 Å². The van der Waals surface area contributed by atoms with E-state index in [1.807, 2.05) is 6.07 Å². The zero-order valence-corrected chi connectivity index (χ0v) is 11.2. The van der Waals surface area contributed by atoms with Crippen LogP contribution >= 0.6 is 15.9 Å². The molecule has 0 amide bonds. The third kappa shape index (κ3) is 2.52. The van der Waals surface area contributed by atoms with Crippen LogP contribution < -0.4 is 4.74 Å². The molecule has 4 heteroatoms. The number of hydrogen-bond donors (Lipinski definition) is 0. The van der Waals surface area contributed by atoms with Crippen molar-refractivity contribution in [2.24, 2.45) is 0 Å². The zero-order chi connectivity index (χ0) is 13.1.